The van der Waals surface area contributed by atoms with E-state index in [9.17, 15) is 9.59 Å². The number of benzene rings is 2. The van der Waals surface area contributed by atoms with Crippen molar-refractivity contribution in [2.24, 2.45) is 12.8 Å². The quantitative estimate of drug-likeness (QED) is 0.789. The predicted molar refractivity (Wildman–Crippen MR) is 87.9 cm³/mol. The number of nitrogens with zero attached hydrogens (tertiary/aromatic N) is 1. The lowest BCUT2D eigenvalue weighted by molar-refractivity contribution is 0.1000. The fourth-order valence-electron chi connectivity index (χ4n) is 2.75. The Morgan fingerprint density at radius 1 is 1.09 bits per heavy atom. The molecule has 2 N–H and O–H groups in total. The van der Waals surface area contributed by atoms with E-state index in [-0.39, 0.29) is 5.56 Å². The van der Waals surface area contributed by atoms with E-state index in [1.807, 2.05) is 49.5 Å². The highest BCUT2D eigenvalue weighted by molar-refractivity contribution is 5.98. The zero-order valence-electron chi connectivity index (χ0n) is 12.5. The molecule has 3 aromatic rings. The molecule has 4 heteroatoms. The van der Waals surface area contributed by atoms with E-state index in [0.717, 1.165) is 22.1 Å². The molecule has 0 aliphatic heterocycles. The topological polar surface area (TPSA) is 65.1 Å². The van der Waals surface area contributed by atoms with Crippen LogP contribution in [0.5, 0.6) is 0 Å². The molecule has 0 aliphatic carbocycles. The van der Waals surface area contributed by atoms with Gasteiger partial charge in [-0.25, -0.2) is 0 Å². The number of fused-ring (bicyclic) bond motifs is 1. The van der Waals surface area contributed by atoms with Gasteiger partial charge >= 0.3 is 0 Å². The molecule has 0 saturated carbocycles. The van der Waals surface area contributed by atoms with Crippen LogP contribution in [0.1, 0.15) is 15.9 Å². The fraction of sp³-hybridized carbons (Fsp3) is 0.111. The second-order valence-corrected chi connectivity index (χ2v) is 5.40. The lowest BCUT2D eigenvalue weighted by Gasteiger charge is -2.11. The minimum atomic E-state index is -0.436. The number of rotatable bonds is 2. The van der Waals surface area contributed by atoms with Gasteiger partial charge in [-0.05, 0) is 35.6 Å². The summed E-state index contributed by atoms with van der Waals surface area (Å²) in [7, 11) is 1.74. The number of carbonyl (C=O) groups excluding carboxylic acids is 1. The summed E-state index contributed by atoms with van der Waals surface area (Å²) < 4.78 is 1.58. The molecule has 22 heavy (non-hydrogen) atoms. The van der Waals surface area contributed by atoms with Crippen molar-refractivity contribution in [1.82, 2.24) is 4.57 Å². The van der Waals surface area contributed by atoms with E-state index in [4.69, 9.17) is 5.73 Å². The van der Waals surface area contributed by atoms with Crippen LogP contribution in [0.4, 0.5) is 0 Å². The van der Waals surface area contributed by atoms with Gasteiger partial charge < -0.3 is 10.3 Å². The van der Waals surface area contributed by atoms with Crippen molar-refractivity contribution in [2.45, 2.75) is 6.92 Å². The van der Waals surface area contributed by atoms with Gasteiger partial charge in [0, 0.05) is 29.8 Å². The first-order valence-electron chi connectivity index (χ1n) is 6.98. The van der Waals surface area contributed by atoms with Crippen molar-refractivity contribution in [3.63, 3.8) is 0 Å². The van der Waals surface area contributed by atoms with Crippen LogP contribution in [0.15, 0.2) is 53.5 Å². The van der Waals surface area contributed by atoms with Gasteiger partial charge in [-0.15, -0.1) is 0 Å². The lowest BCUT2D eigenvalue weighted by Crippen LogP contribution is -2.16. The van der Waals surface area contributed by atoms with Crippen molar-refractivity contribution >= 4 is 16.7 Å². The average molecular weight is 292 g/mol. The Labute approximate surface area is 127 Å². The Kier molecular flexibility index (Phi) is 3.29. The average Bonchev–Trinajstić information content (AvgIpc) is 2.50. The minimum absolute atomic E-state index is 0.0233. The van der Waals surface area contributed by atoms with Crippen LogP contribution >= 0.6 is 0 Å². The van der Waals surface area contributed by atoms with Gasteiger partial charge in [0.15, 0.2) is 0 Å². The number of aryl methyl sites for hydroxylation is 2. The summed E-state index contributed by atoms with van der Waals surface area (Å²) in [6.07, 6.45) is 1.82. The van der Waals surface area contributed by atoms with Gasteiger partial charge in [0.2, 0.25) is 5.91 Å². The van der Waals surface area contributed by atoms with Crippen molar-refractivity contribution in [2.75, 3.05) is 0 Å². The SMILES string of the molecule is Cc1cc(-c2cn(C)c(=O)c3ccccc23)ccc1C(N)=O. The maximum atomic E-state index is 12.2. The molecule has 2 aromatic carbocycles. The third-order valence-corrected chi connectivity index (χ3v) is 3.89. The van der Waals surface area contributed by atoms with Crippen LogP contribution < -0.4 is 11.3 Å². The molecule has 0 fully saturated rings. The second-order valence-electron chi connectivity index (χ2n) is 5.40. The summed E-state index contributed by atoms with van der Waals surface area (Å²) in [4.78, 5) is 23.6. The lowest BCUT2D eigenvalue weighted by atomic mass is 9.97. The van der Waals surface area contributed by atoms with Crippen LogP contribution in [0.25, 0.3) is 21.9 Å². The maximum absolute atomic E-state index is 12.2. The Morgan fingerprint density at radius 2 is 1.77 bits per heavy atom. The number of aromatic nitrogens is 1. The molecule has 0 atom stereocenters. The number of pyridine rings is 1. The summed E-state index contributed by atoms with van der Waals surface area (Å²) in [6, 6.07) is 13.0. The summed E-state index contributed by atoms with van der Waals surface area (Å²) in [5.41, 5.74) is 8.57. The molecule has 0 radical (unpaired) electrons. The number of amides is 1. The van der Waals surface area contributed by atoms with Gasteiger partial charge in [-0.1, -0.05) is 30.3 Å². The highest BCUT2D eigenvalue weighted by Gasteiger charge is 2.11. The van der Waals surface area contributed by atoms with E-state index in [0.29, 0.717) is 10.9 Å². The van der Waals surface area contributed by atoms with Crippen LogP contribution in [-0.2, 0) is 7.05 Å². The van der Waals surface area contributed by atoms with Crippen molar-refractivity contribution in [3.8, 4) is 11.1 Å². The van der Waals surface area contributed by atoms with Crippen molar-refractivity contribution in [1.29, 1.82) is 0 Å². The van der Waals surface area contributed by atoms with Gasteiger partial charge in [0.25, 0.3) is 5.56 Å². The van der Waals surface area contributed by atoms with Gasteiger partial charge in [-0.2, -0.15) is 0 Å². The monoisotopic (exact) mass is 292 g/mol. The third kappa shape index (κ3) is 2.19. The number of nitrogens with two attached hydrogens (primary N) is 1. The number of primary amides is 1. The minimum Gasteiger partial charge on any atom is -0.366 e. The molecule has 1 heterocycles. The van der Waals surface area contributed by atoms with Crippen LogP contribution in [0.2, 0.25) is 0 Å². The molecule has 0 unspecified atom stereocenters. The Bertz CT molecular complexity index is 955. The maximum Gasteiger partial charge on any atom is 0.258 e. The first kappa shape index (κ1) is 14.1. The van der Waals surface area contributed by atoms with Crippen molar-refractivity contribution < 1.29 is 4.79 Å². The Balaban J connectivity index is 2.31. The zero-order valence-corrected chi connectivity index (χ0v) is 12.5. The smallest absolute Gasteiger partial charge is 0.258 e. The normalized spacial score (nSPS) is 10.8. The van der Waals surface area contributed by atoms with E-state index < -0.39 is 5.91 Å². The molecule has 0 aliphatic rings. The zero-order chi connectivity index (χ0) is 15.9. The molecule has 110 valence electrons. The predicted octanol–water partition coefficient (Wildman–Crippen LogP) is 2.61. The number of hydrogen-bond acceptors (Lipinski definition) is 2. The fourth-order valence-corrected chi connectivity index (χ4v) is 2.75. The summed E-state index contributed by atoms with van der Waals surface area (Å²) >= 11 is 0. The Hall–Kier alpha value is -2.88. The molecule has 3 rings (SSSR count). The van der Waals surface area contributed by atoms with Crippen LogP contribution in [0.3, 0.4) is 0 Å². The van der Waals surface area contributed by atoms with Crippen LogP contribution in [-0.4, -0.2) is 10.5 Å². The third-order valence-electron chi connectivity index (χ3n) is 3.89. The standard InChI is InChI=1S/C18H16N2O2/c1-11-9-12(7-8-13(11)17(19)21)16-10-20(2)18(22)15-6-4-3-5-14(15)16/h3-10H,1-2H3,(H2,19,21). The first-order chi connectivity index (χ1) is 10.5. The van der Waals surface area contributed by atoms with E-state index in [1.165, 1.54) is 0 Å². The van der Waals surface area contributed by atoms with Crippen LogP contribution in [0, 0.1) is 6.92 Å². The second kappa shape index (κ2) is 5.15. The molecule has 0 spiro atoms. The molecule has 0 bridgehead atoms. The van der Waals surface area contributed by atoms with Gasteiger partial charge in [0.1, 0.15) is 0 Å². The summed E-state index contributed by atoms with van der Waals surface area (Å²) in [5, 5.41) is 1.58. The molecule has 4 nitrogen and oxygen atoms in total. The number of hydrogen-bond donors (Lipinski definition) is 1. The van der Waals surface area contributed by atoms with E-state index >= 15 is 0 Å². The molecule has 1 amide bonds. The largest absolute Gasteiger partial charge is 0.366 e. The molecular formula is C18H16N2O2. The number of carbonyl (C=O) groups is 1. The highest BCUT2D eigenvalue weighted by atomic mass is 16.1. The summed E-state index contributed by atoms with van der Waals surface area (Å²) in [6.45, 7) is 1.85. The van der Waals surface area contributed by atoms with Gasteiger partial charge in [-0.3, -0.25) is 9.59 Å². The molecule has 1 aromatic heterocycles. The molecule has 0 saturated heterocycles. The van der Waals surface area contributed by atoms with Crippen molar-refractivity contribution in [3.05, 3.63) is 70.1 Å². The van der Waals surface area contributed by atoms with E-state index in [1.54, 1.807) is 17.7 Å². The first-order valence-corrected chi connectivity index (χ1v) is 6.98. The Morgan fingerprint density at radius 3 is 2.41 bits per heavy atom. The summed E-state index contributed by atoms with van der Waals surface area (Å²) in [5.74, 6) is -0.436. The highest BCUT2D eigenvalue weighted by Crippen LogP contribution is 2.28. The molecular weight excluding hydrogens is 276 g/mol. The van der Waals surface area contributed by atoms with E-state index in [2.05, 4.69) is 0 Å². The van der Waals surface area contributed by atoms with Gasteiger partial charge in [0.05, 0.1) is 0 Å².